The summed E-state index contributed by atoms with van der Waals surface area (Å²) in [5, 5.41) is 3.20. The van der Waals surface area contributed by atoms with Gasteiger partial charge in [0.2, 0.25) is 5.92 Å². The summed E-state index contributed by atoms with van der Waals surface area (Å²) in [6, 6.07) is 12.5. The maximum absolute atomic E-state index is 13.8. The minimum Gasteiger partial charge on any atom is -0.460 e. The lowest BCUT2D eigenvalue weighted by atomic mass is 9.93. The van der Waals surface area contributed by atoms with Gasteiger partial charge in [0, 0.05) is 40.8 Å². The van der Waals surface area contributed by atoms with E-state index >= 15 is 0 Å². The lowest BCUT2D eigenvalue weighted by molar-refractivity contribution is 0.00777. The van der Waals surface area contributed by atoms with Gasteiger partial charge in [0.25, 0.3) is 0 Å². The third-order valence-corrected chi connectivity index (χ3v) is 6.86. The molecule has 0 bridgehead atoms. The number of pyridine rings is 1. The zero-order valence-corrected chi connectivity index (χ0v) is 19.4. The first-order valence-electron chi connectivity index (χ1n) is 11.5. The van der Waals surface area contributed by atoms with Crippen LogP contribution in [0, 0.1) is 20.8 Å². The van der Waals surface area contributed by atoms with Crippen LogP contribution in [-0.2, 0) is 0 Å². The maximum Gasteiger partial charge on any atom is 0.248 e. The molecule has 1 aliphatic rings. The molecule has 4 heteroatoms. The third kappa shape index (κ3) is 3.50. The molecular weight excluding hydrogens is 404 g/mol. The highest BCUT2D eigenvalue weighted by Gasteiger charge is 2.40. The number of furan rings is 1. The molecule has 0 aliphatic heterocycles. The summed E-state index contributed by atoms with van der Waals surface area (Å²) in [6.07, 6.45) is 0.461. The smallest absolute Gasteiger partial charge is 0.248 e. The summed E-state index contributed by atoms with van der Waals surface area (Å²) in [4.78, 5) is 4.92. The van der Waals surface area contributed by atoms with E-state index in [-0.39, 0.29) is 18.8 Å². The second-order valence-electron chi connectivity index (χ2n) is 9.82. The van der Waals surface area contributed by atoms with Crippen molar-refractivity contribution in [2.75, 3.05) is 0 Å². The molecule has 2 aromatic carbocycles. The van der Waals surface area contributed by atoms with Crippen molar-refractivity contribution in [2.45, 2.75) is 71.6 Å². The van der Waals surface area contributed by atoms with Crippen molar-refractivity contribution < 1.29 is 13.2 Å². The molecule has 5 rings (SSSR count). The Bertz CT molecular complexity index is 1350. The van der Waals surface area contributed by atoms with Crippen LogP contribution >= 0.6 is 0 Å². The van der Waals surface area contributed by atoms with Crippen LogP contribution in [0.4, 0.5) is 8.78 Å². The Labute approximate surface area is 187 Å². The summed E-state index contributed by atoms with van der Waals surface area (Å²) in [5.74, 6) is -1.33. The summed E-state index contributed by atoms with van der Waals surface area (Å²) in [7, 11) is 0. The number of aryl methyl sites for hydroxylation is 3. The fraction of sp³-hybridized carbons (Fsp3) is 0.393. The van der Waals surface area contributed by atoms with Crippen LogP contribution < -0.4 is 0 Å². The Kier molecular flexibility index (Phi) is 4.88. The molecule has 32 heavy (non-hydrogen) atoms. The van der Waals surface area contributed by atoms with E-state index in [0.29, 0.717) is 12.3 Å². The molecule has 2 aromatic heterocycles. The van der Waals surface area contributed by atoms with E-state index < -0.39 is 5.92 Å². The van der Waals surface area contributed by atoms with E-state index in [0.717, 1.165) is 55.6 Å². The molecule has 2 heterocycles. The number of nitrogens with zero attached hydrogens (tertiary/aromatic N) is 1. The van der Waals surface area contributed by atoms with Crippen LogP contribution in [0.15, 0.2) is 40.8 Å². The predicted molar refractivity (Wildman–Crippen MR) is 127 cm³/mol. The van der Waals surface area contributed by atoms with Crippen molar-refractivity contribution in [2.24, 2.45) is 0 Å². The Morgan fingerprint density at radius 2 is 1.81 bits per heavy atom. The van der Waals surface area contributed by atoms with Crippen molar-refractivity contribution in [1.29, 1.82) is 0 Å². The van der Waals surface area contributed by atoms with Gasteiger partial charge >= 0.3 is 0 Å². The van der Waals surface area contributed by atoms with E-state index in [1.165, 1.54) is 5.56 Å². The topological polar surface area (TPSA) is 26.0 Å². The number of benzene rings is 2. The van der Waals surface area contributed by atoms with Crippen LogP contribution in [0.5, 0.6) is 0 Å². The average Bonchev–Trinajstić information content (AvgIpc) is 3.26. The molecule has 1 aliphatic carbocycles. The molecule has 0 N–H and O–H groups in total. The van der Waals surface area contributed by atoms with Crippen LogP contribution in [0.3, 0.4) is 0 Å². The first-order valence-corrected chi connectivity index (χ1v) is 11.5. The lowest BCUT2D eigenvalue weighted by Gasteiger charge is -2.14. The predicted octanol–water partition coefficient (Wildman–Crippen LogP) is 8.60. The van der Waals surface area contributed by atoms with E-state index in [2.05, 4.69) is 58.0 Å². The monoisotopic (exact) mass is 433 g/mol. The quantitative estimate of drug-likeness (QED) is 0.323. The highest BCUT2D eigenvalue weighted by molar-refractivity contribution is 6.03. The Morgan fingerprint density at radius 1 is 1.03 bits per heavy atom. The van der Waals surface area contributed by atoms with Gasteiger partial charge < -0.3 is 4.42 Å². The van der Waals surface area contributed by atoms with E-state index in [9.17, 15) is 8.78 Å². The minimum absolute atomic E-state index is 0.0202. The van der Waals surface area contributed by atoms with Crippen LogP contribution in [0.2, 0.25) is 0 Å². The van der Waals surface area contributed by atoms with Gasteiger partial charge in [-0.1, -0.05) is 32.0 Å². The summed E-state index contributed by atoms with van der Waals surface area (Å²) >= 11 is 0. The SMILES string of the molecule is Cc1cc(-c2nc(C)cc3cc(C4CCC(F)(F)C4)ccc23)c2oc(C(C)C)c(C)c2c1. The fourth-order valence-corrected chi connectivity index (χ4v) is 5.31. The molecule has 4 aromatic rings. The minimum atomic E-state index is -2.54. The molecule has 1 saturated carbocycles. The normalized spacial score (nSPS) is 18.3. The lowest BCUT2D eigenvalue weighted by Crippen LogP contribution is -2.09. The number of hydrogen-bond donors (Lipinski definition) is 0. The summed E-state index contributed by atoms with van der Waals surface area (Å²) < 4.78 is 34.0. The van der Waals surface area contributed by atoms with Gasteiger partial charge in [0.1, 0.15) is 11.3 Å². The number of alkyl halides is 2. The van der Waals surface area contributed by atoms with Crippen molar-refractivity contribution in [3.05, 3.63) is 64.5 Å². The molecule has 1 fully saturated rings. The van der Waals surface area contributed by atoms with E-state index in [1.807, 2.05) is 13.0 Å². The van der Waals surface area contributed by atoms with Gasteiger partial charge in [-0.15, -0.1) is 0 Å². The molecule has 0 spiro atoms. The van der Waals surface area contributed by atoms with Crippen LogP contribution in [0.1, 0.15) is 73.1 Å². The first kappa shape index (κ1) is 21.1. The summed E-state index contributed by atoms with van der Waals surface area (Å²) in [6.45, 7) is 10.5. The van der Waals surface area contributed by atoms with Gasteiger partial charge in [0.15, 0.2) is 0 Å². The summed E-state index contributed by atoms with van der Waals surface area (Å²) in [5.41, 5.74) is 7.00. The number of hydrogen-bond acceptors (Lipinski definition) is 2. The number of halogens is 2. The van der Waals surface area contributed by atoms with Crippen LogP contribution in [-0.4, -0.2) is 10.9 Å². The van der Waals surface area contributed by atoms with Crippen molar-refractivity contribution in [3.8, 4) is 11.3 Å². The molecule has 0 saturated heterocycles. The van der Waals surface area contributed by atoms with Gasteiger partial charge in [-0.2, -0.15) is 0 Å². The number of rotatable bonds is 3. The van der Waals surface area contributed by atoms with Crippen LogP contribution in [0.25, 0.3) is 33.0 Å². The Hall–Kier alpha value is -2.75. The zero-order chi connectivity index (χ0) is 22.8. The van der Waals surface area contributed by atoms with E-state index in [4.69, 9.17) is 9.40 Å². The number of fused-ring (bicyclic) bond motifs is 2. The largest absolute Gasteiger partial charge is 0.460 e. The van der Waals surface area contributed by atoms with Gasteiger partial charge in [-0.25, -0.2) is 8.78 Å². The zero-order valence-electron chi connectivity index (χ0n) is 19.4. The highest BCUT2D eigenvalue weighted by Crippen LogP contribution is 2.45. The Morgan fingerprint density at radius 3 is 2.50 bits per heavy atom. The molecule has 0 radical (unpaired) electrons. The fourth-order valence-electron chi connectivity index (χ4n) is 5.31. The first-order chi connectivity index (χ1) is 15.1. The van der Waals surface area contributed by atoms with Crippen molar-refractivity contribution in [3.63, 3.8) is 0 Å². The molecule has 0 amide bonds. The highest BCUT2D eigenvalue weighted by atomic mass is 19.3. The number of aromatic nitrogens is 1. The standard InChI is InChI=1S/C28H29F2NO/c1-15(2)26-18(5)23-10-16(3)11-24(27(23)32-26)25-22-7-6-19(13-21(22)12-17(4)31-25)20-8-9-28(29,30)14-20/h6-7,10-13,15,20H,8-9,14H2,1-5H3. The maximum atomic E-state index is 13.8. The van der Waals surface area contributed by atoms with Gasteiger partial charge in [-0.3, -0.25) is 4.98 Å². The second kappa shape index (κ2) is 7.40. The molecule has 166 valence electrons. The van der Waals surface area contributed by atoms with E-state index in [1.54, 1.807) is 0 Å². The van der Waals surface area contributed by atoms with Gasteiger partial charge in [-0.05, 0) is 73.4 Å². The molecule has 1 unspecified atom stereocenters. The third-order valence-electron chi connectivity index (χ3n) is 6.86. The molecule has 2 nitrogen and oxygen atoms in total. The molecule has 1 atom stereocenters. The second-order valence-corrected chi connectivity index (χ2v) is 9.82. The Balaban J connectivity index is 1.71. The van der Waals surface area contributed by atoms with Crippen molar-refractivity contribution >= 4 is 21.7 Å². The average molecular weight is 434 g/mol. The van der Waals surface area contributed by atoms with Gasteiger partial charge in [0.05, 0.1) is 5.69 Å². The van der Waals surface area contributed by atoms with Crippen molar-refractivity contribution in [1.82, 2.24) is 4.98 Å². The molecular formula is C28H29F2NO.